The van der Waals surface area contributed by atoms with E-state index < -0.39 is 0 Å². The number of fused-ring (bicyclic) bond motifs is 1. The number of nitrogens with zero attached hydrogens (tertiary/aromatic N) is 3. The quantitative estimate of drug-likeness (QED) is 0.796. The molecule has 2 aromatic rings. The summed E-state index contributed by atoms with van der Waals surface area (Å²) in [5, 5.41) is 15.6. The minimum Gasteiger partial charge on any atom is -0.331 e. The van der Waals surface area contributed by atoms with Gasteiger partial charge in [0.25, 0.3) is 0 Å². The van der Waals surface area contributed by atoms with Crippen molar-refractivity contribution >= 4 is 22.5 Å². The summed E-state index contributed by atoms with van der Waals surface area (Å²) in [5.74, 6) is 0. The minimum atomic E-state index is -0.215. The third-order valence-corrected chi connectivity index (χ3v) is 5.56. The standard InChI is InChI=1S/C18H25N5OS/c1-3-23(4-2)12-11-16-21-22-18(25-16)20-17(24)19-15-10-9-13-7-5-6-8-14(13)15/h5-8,15H,3-4,9-12H2,1-2H3,(H2,19,20,22,24)/t15-/m1/s1. The number of aromatic nitrogens is 2. The van der Waals surface area contributed by atoms with Crippen molar-refractivity contribution in [3.8, 4) is 0 Å². The highest BCUT2D eigenvalue weighted by Gasteiger charge is 2.23. The fourth-order valence-corrected chi connectivity index (χ4v) is 3.92. The maximum atomic E-state index is 12.3. The number of amides is 2. The molecule has 0 fully saturated rings. The maximum absolute atomic E-state index is 12.3. The van der Waals surface area contributed by atoms with E-state index in [9.17, 15) is 4.79 Å². The molecule has 0 aliphatic heterocycles. The van der Waals surface area contributed by atoms with Gasteiger partial charge in [-0.25, -0.2) is 4.79 Å². The molecule has 6 nitrogen and oxygen atoms in total. The molecule has 134 valence electrons. The van der Waals surface area contributed by atoms with Crippen LogP contribution < -0.4 is 10.6 Å². The highest BCUT2D eigenvalue weighted by molar-refractivity contribution is 7.15. The predicted molar refractivity (Wildman–Crippen MR) is 101 cm³/mol. The molecule has 2 N–H and O–H groups in total. The Morgan fingerprint density at radius 2 is 2.08 bits per heavy atom. The number of urea groups is 1. The zero-order valence-electron chi connectivity index (χ0n) is 14.8. The lowest BCUT2D eigenvalue weighted by molar-refractivity contribution is 0.248. The number of anilines is 1. The molecule has 25 heavy (non-hydrogen) atoms. The number of carbonyl (C=O) groups excluding carboxylic acids is 1. The molecule has 0 spiro atoms. The van der Waals surface area contributed by atoms with Crippen LogP contribution in [-0.4, -0.2) is 40.8 Å². The van der Waals surface area contributed by atoms with Crippen LogP contribution in [0.1, 0.15) is 42.4 Å². The highest BCUT2D eigenvalue weighted by atomic mass is 32.1. The van der Waals surface area contributed by atoms with Gasteiger partial charge in [0.1, 0.15) is 5.01 Å². The molecule has 2 amide bonds. The number of nitrogens with one attached hydrogen (secondary N) is 2. The third kappa shape index (κ3) is 4.55. The summed E-state index contributed by atoms with van der Waals surface area (Å²) in [6.07, 6.45) is 2.81. The lowest BCUT2D eigenvalue weighted by Crippen LogP contribution is -2.31. The lowest BCUT2D eigenvalue weighted by Gasteiger charge is -2.16. The van der Waals surface area contributed by atoms with Gasteiger partial charge < -0.3 is 10.2 Å². The predicted octanol–water partition coefficient (Wildman–Crippen LogP) is 3.23. The van der Waals surface area contributed by atoms with Crippen molar-refractivity contribution < 1.29 is 4.79 Å². The van der Waals surface area contributed by atoms with Crippen LogP contribution in [0.2, 0.25) is 0 Å². The number of likely N-dealkylation sites (N-methyl/N-ethyl adjacent to an activating group) is 1. The van der Waals surface area contributed by atoms with Crippen molar-refractivity contribution in [2.75, 3.05) is 25.0 Å². The van der Waals surface area contributed by atoms with Crippen molar-refractivity contribution in [3.05, 3.63) is 40.4 Å². The van der Waals surface area contributed by atoms with Crippen LogP contribution >= 0.6 is 11.3 Å². The van der Waals surface area contributed by atoms with E-state index in [0.717, 1.165) is 43.9 Å². The van der Waals surface area contributed by atoms with E-state index >= 15 is 0 Å². The summed E-state index contributed by atoms with van der Waals surface area (Å²) in [4.78, 5) is 14.6. The van der Waals surface area contributed by atoms with Gasteiger partial charge >= 0.3 is 6.03 Å². The zero-order chi connectivity index (χ0) is 17.6. The first kappa shape index (κ1) is 17.8. The van der Waals surface area contributed by atoms with Gasteiger partial charge in [-0.15, -0.1) is 10.2 Å². The number of hydrogen-bond donors (Lipinski definition) is 2. The van der Waals surface area contributed by atoms with Gasteiger partial charge in [-0.2, -0.15) is 0 Å². The monoisotopic (exact) mass is 359 g/mol. The fraction of sp³-hybridized carbons (Fsp3) is 0.500. The normalized spacial score (nSPS) is 16.0. The first-order chi connectivity index (χ1) is 12.2. The average Bonchev–Trinajstić information content (AvgIpc) is 3.23. The molecule has 1 aromatic carbocycles. The summed E-state index contributed by atoms with van der Waals surface area (Å²) < 4.78 is 0. The van der Waals surface area contributed by atoms with Crippen molar-refractivity contribution in [2.45, 2.75) is 39.2 Å². The summed E-state index contributed by atoms with van der Waals surface area (Å²) >= 11 is 1.45. The molecule has 1 atom stereocenters. The molecule has 1 aliphatic carbocycles. The van der Waals surface area contributed by atoms with Crippen molar-refractivity contribution in [3.63, 3.8) is 0 Å². The minimum absolute atomic E-state index is 0.0752. The smallest absolute Gasteiger partial charge is 0.321 e. The highest BCUT2D eigenvalue weighted by Crippen LogP contribution is 2.30. The van der Waals surface area contributed by atoms with Gasteiger partial charge in [-0.05, 0) is 37.1 Å². The van der Waals surface area contributed by atoms with Gasteiger partial charge in [0.05, 0.1) is 6.04 Å². The van der Waals surface area contributed by atoms with Crippen LogP contribution in [0.4, 0.5) is 9.93 Å². The van der Waals surface area contributed by atoms with Crippen molar-refractivity contribution in [2.24, 2.45) is 0 Å². The van der Waals surface area contributed by atoms with Crippen LogP contribution in [0.15, 0.2) is 24.3 Å². The van der Waals surface area contributed by atoms with E-state index in [1.165, 1.54) is 22.5 Å². The molecule has 7 heteroatoms. The Balaban J connectivity index is 1.51. The molecular weight excluding hydrogens is 334 g/mol. The van der Waals surface area contributed by atoms with Gasteiger partial charge in [0, 0.05) is 13.0 Å². The SMILES string of the molecule is CCN(CC)CCc1nnc(NC(=O)N[C@@H]2CCc3ccccc32)s1. The molecule has 3 rings (SSSR count). The van der Waals surface area contributed by atoms with Gasteiger partial charge in [0.15, 0.2) is 0 Å². The number of carbonyl (C=O) groups is 1. The molecule has 0 saturated heterocycles. The second-order valence-corrected chi connectivity index (χ2v) is 7.23. The zero-order valence-corrected chi connectivity index (χ0v) is 15.6. The van der Waals surface area contributed by atoms with E-state index in [1.54, 1.807) is 0 Å². The van der Waals surface area contributed by atoms with Gasteiger partial charge in [-0.3, -0.25) is 5.32 Å². The van der Waals surface area contributed by atoms with E-state index in [2.05, 4.69) is 51.7 Å². The Labute approximate surface area is 152 Å². The van der Waals surface area contributed by atoms with Crippen LogP contribution in [0.25, 0.3) is 0 Å². The van der Waals surface area contributed by atoms with Crippen LogP contribution in [0.5, 0.6) is 0 Å². The molecule has 0 saturated carbocycles. The number of benzene rings is 1. The average molecular weight is 359 g/mol. The maximum Gasteiger partial charge on any atom is 0.321 e. The summed E-state index contributed by atoms with van der Waals surface area (Å²) in [7, 11) is 0. The number of aryl methyl sites for hydroxylation is 1. The second kappa shape index (κ2) is 8.40. The van der Waals surface area contributed by atoms with E-state index in [1.807, 2.05) is 12.1 Å². The molecule has 0 radical (unpaired) electrons. The molecule has 1 aromatic heterocycles. The summed E-state index contributed by atoms with van der Waals surface area (Å²) in [6.45, 7) is 7.34. The fourth-order valence-electron chi connectivity index (χ4n) is 3.20. The summed E-state index contributed by atoms with van der Waals surface area (Å²) in [5.41, 5.74) is 2.54. The van der Waals surface area contributed by atoms with Crippen LogP contribution in [0, 0.1) is 0 Å². The molecule has 0 bridgehead atoms. The molecule has 0 unspecified atom stereocenters. The third-order valence-electron chi connectivity index (χ3n) is 4.66. The van der Waals surface area contributed by atoms with Gasteiger partial charge in [-0.1, -0.05) is 49.4 Å². The number of rotatable bonds is 7. The van der Waals surface area contributed by atoms with Crippen LogP contribution in [0.3, 0.4) is 0 Å². The lowest BCUT2D eigenvalue weighted by atomic mass is 10.1. The number of hydrogen-bond acceptors (Lipinski definition) is 5. The first-order valence-corrected chi connectivity index (χ1v) is 9.71. The van der Waals surface area contributed by atoms with Crippen molar-refractivity contribution in [1.82, 2.24) is 20.4 Å². The Hall–Kier alpha value is -1.99. The summed E-state index contributed by atoms with van der Waals surface area (Å²) in [6, 6.07) is 8.14. The van der Waals surface area contributed by atoms with E-state index in [0.29, 0.717) is 5.13 Å². The molecular formula is C18H25N5OS. The first-order valence-electron chi connectivity index (χ1n) is 8.89. The van der Waals surface area contributed by atoms with Crippen molar-refractivity contribution in [1.29, 1.82) is 0 Å². The molecule has 1 aliphatic rings. The van der Waals surface area contributed by atoms with E-state index in [-0.39, 0.29) is 12.1 Å². The van der Waals surface area contributed by atoms with E-state index in [4.69, 9.17) is 0 Å². The second-order valence-electron chi connectivity index (χ2n) is 6.17. The molecule has 1 heterocycles. The Morgan fingerprint density at radius 1 is 1.28 bits per heavy atom. The topological polar surface area (TPSA) is 70.2 Å². The van der Waals surface area contributed by atoms with Gasteiger partial charge in [0.2, 0.25) is 5.13 Å². The largest absolute Gasteiger partial charge is 0.331 e. The van der Waals surface area contributed by atoms with Crippen LogP contribution in [-0.2, 0) is 12.8 Å². The Morgan fingerprint density at radius 3 is 2.88 bits per heavy atom. The Bertz CT molecular complexity index is 713. The Kier molecular flexibility index (Phi) is 5.99.